The summed E-state index contributed by atoms with van der Waals surface area (Å²) in [4.78, 5) is 23.2. The minimum absolute atomic E-state index is 0.174. The molecule has 112 valence electrons. The van der Waals surface area contributed by atoms with Gasteiger partial charge in [0.05, 0.1) is 19.6 Å². The van der Waals surface area contributed by atoms with Crippen molar-refractivity contribution in [2.45, 2.75) is 26.7 Å². The van der Waals surface area contributed by atoms with Crippen molar-refractivity contribution < 1.29 is 14.3 Å². The lowest BCUT2D eigenvalue weighted by molar-refractivity contribution is -0.142. The Kier molecular flexibility index (Phi) is 7.04. The van der Waals surface area contributed by atoms with E-state index in [4.69, 9.17) is 15.3 Å². The minimum atomic E-state index is -0.284. The molecule has 0 saturated carbocycles. The van der Waals surface area contributed by atoms with Crippen molar-refractivity contribution in [3.05, 3.63) is 0 Å². The quantitative estimate of drug-likeness (QED) is 0.334. The first-order chi connectivity index (χ1) is 9.69. The Bertz CT molecular complexity index is 429. The van der Waals surface area contributed by atoms with Crippen LogP contribution in [0.4, 0.5) is 11.9 Å². The maximum atomic E-state index is 11.2. The fourth-order valence-corrected chi connectivity index (χ4v) is 1.27. The summed E-state index contributed by atoms with van der Waals surface area (Å²) in [5.41, 5.74) is 2.33. The molecule has 4 N–H and O–H groups in total. The number of carbonyl (C=O) groups is 1. The van der Waals surface area contributed by atoms with Gasteiger partial charge in [-0.1, -0.05) is 6.92 Å². The van der Waals surface area contributed by atoms with Gasteiger partial charge in [0.1, 0.15) is 0 Å². The van der Waals surface area contributed by atoms with E-state index in [2.05, 4.69) is 25.7 Å². The van der Waals surface area contributed by atoms with Crippen molar-refractivity contribution in [1.29, 1.82) is 0 Å². The van der Waals surface area contributed by atoms with Gasteiger partial charge in [0.25, 0.3) is 0 Å². The highest BCUT2D eigenvalue weighted by Gasteiger charge is 2.07. The van der Waals surface area contributed by atoms with Gasteiger partial charge in [0.15, 0.2) is 0 Å². The number of ether oxygens (including phenoxy) is 2. The molecule has 0 unspecified atom stereocenters. The first-order valence-corrected chi connectivity index (χ1v) is 6.44. The third-order valence-corrected chi connectivity index (χ3v) is 2.10. The summed E-state index contributed by atoms with van der Waals surface area (Å²) in [6.45, 7) is 4.94. The smallest absolute Gasteiger partial charge is 0.323 e. The Labute approximate surface area is 117 Å². The molecule has 0 spiro atoms. The molecule has 1 rings (SSSR count). The number of nitrogens with zero attached hydrogens (tertiary/aromatic N) is 3. The van der Waals surface area contributed by atoms with E-state index < -0.39 is 0 Å². The predicted molar refractivity (Wildman–Crippen MR) is 73.2 cm³/mol. The molecule has 1 aromatic rings. The number of rotatable bonds is 9. The lowest BCUT2D eigenvalue weighted by atomic mass is 10.4. The van der Waals surface area contributed by atoms with E-state index in [1.165, 1.54) is 0 Å². The molecule has 1 aromatic heterocycles. The topological polar surface area (TPSA) is 124 Å². The van der Waals surface area contributed by atoms with Crippen LogP contribution in [-0.2, 0) is 9.53 Å². The van der Waals surface area contributed by atoms with Crippen molar-refractivity contribution in [1.82, 2.24) is 15.0 Å². The van der Waals surface area contributed by atoms with Crippen LogP contribution in [0.1, 0.15) is 26.7 Å². The zero-order valence-corrected chi connectivity index (χ0v) is 11.7. The van der Waals surface area contributed by atoms with E-state index in [1.807, 2.05) is 6.92 Å². The Morgan fingerprint density at radius 3 is 2.65 bits per heavy atom. The van der Waals surface area contributed by atoms with Crippen molar-refractivity contribution in [3.8, 4) is 6.01 Å². The van der Waals surface area contributed by atoms with Crippen LogP contribution >= 0.6 is 0 Å². The predicted octanol–water partition coefficient (Wildman–Crippen LogP) is 0.311. The van der Waals surface area contributed by atoms with Gasteiger partial charge in [-0.2, -0.15) is 15.0 Å². The van der Waals surface area contributed by atoms with Gasteiger partial charge in [-0.3, -0.25) is 10.2 Å². The second-order valence-electron chi connectivity index (χ2n) is 3.74. The van der Waals surface area contributed by atoms with Gasteiger partial charge in [-0.25, -0.2) is 5.84 Å². The molecule has 0 amide bonds. The highest BCUT2D eigenvalue weighted by molar-refractivity contribution is 5.69. The van der Waals surface area contributed by atoms with E-state index in [0.29, 0.717) is 19.8 Å². The van der Waals surface area contributed by atoms with Crippen LogP contribution in [0.2, 0.25) is 0 Å². The monoisotopic (exact) mass is 284 g/mol. The summed E-state index contributed by atoms with van der Waals surface area (Å²) in [5.74, 6) is 5.45. The van der Waals surface area contributed by atoms with Gasteiger partial charge in [-0.15, -0.1) is 0 Å². The molecular formula is C11H20N6O3. The fourth-order valence-electron chi connectivity index (χ4n) is 1.27. The molecule has 0 atom stereocenters. The molecule has 0 saturated heterocycles. The molecule has 0 aliphatic carbocycles. The average Bonchev–Trinajstić information content (AvgIpc) is 2.45. The molecule has 0 aromatic carbocycles. The van der Waals surface area contributed by atoms with Crippen LogP contribution in [0.15, 0.2) is 0 Å². The van der Waals surface area contributed by atoms with E-state index in [-0.39, 0.29) is 30.3 Å². The summed E-state index contributed by atoms with van der Waals surface area (Å²) in [7, 11) is 0. The number of nitrogens with one attached hydrogen (secondary N) is 2. The molecular weight excluding hydrogens is 264 g/mol. The van der Waals surface area contributed by atoms with Gasteiger partial charge in [0, 0.05) is 6.54 Å². The number of aromatic nitrogens is 3. The average molecular weight is 284 g/mol. The normalized spacial score (nSPS) is 9.95. The molecule has 9 heteroatoms. The van der Waals surface area contributed by atoms with Crippen molar-refractivity contribution in [2.24, 2.45) is 5.84 Å². The van der Waals surface area contributed by atoms with Crippen molar-refractivity contribution >= 4 is 17.9 Å². The summed E-state index contributed by atoms with van der Waals surface area (Å²) >= 11 is 0. The lowest BCUT2D eigenvalue weighted by Gasteiger charge is -2.08. The Balaban J connectivity index is 2.57. The second-order valence-corrected chi connectivity index (χ2v) is 3.74. The highest BCUT2D eigenvalue weighted by atomic mass is 16.5. The third kappa shape index (κ3) is 5.65. The summed E-state index contributed by atoms with van der Waals surface area (Å²) in [5, 5.41) is 2.89. The van der Waals surface area contributed by atoms with E-state index >= 15 is 0 Å². The molecule has 0 aliphatic heterocycles. The molecule has 1 heterocycles. The Morgan fingerprint density at radius 2 is 2.00 bits per heavy atom. The maximum Gasteiger partial charge on any atom is 0.323 e. The number of anilines is 2. The number of carbonyl (C=O) groups excluding carboxylic acids is 1. The molecule has 20 heavy (non-hydrogen) atoms. The van der Waals surface area contributed by atoms with Gasteiger partial charge in [-0.05, 0) is 13.3 Å². The molecule has 0 bridgehead atoms. The van der Waals surface area contributed by atoms with E-state index in [1.54, 1.807) is 6.92 Å². The van der Waals surface area contributed by atoms with Crippen LogP contribution in [0.3, 0.4) is 0 Å². The number of nitrogens with two attached hydrogens (primary N) is 1. The van der Waals surface area contributed by atoms with Gasteiger partial charge in [0.2, 0.25) is 11.9 Å². The fraction of sp³-hybridized carbons (Fsp3) is 0.636. The SMILES string of the molecule is CCCOc1nc(NN)nc(NCCC(=O)OCC)n1. The van der Waals surface area contributed by atoms with Crippen LogP contribution in [0.5, 0.6) is 6.01 Å². The maximum absolute atomic E-state index is 11.2. The number of hydrogen-bond acceptors (Lipinski definition) is 9. The Hall–Kier alpha value is -2.16. The van der Waals surface area contributed by atoms with Gasteiger partial charge < -0.3 is 14.8 Å². The van der Waals surface area contributed by atoms with Crippen LogP contribution in [0.25, 0.3) is 0 Å². The van der Waals surface area contributed by atoms with Crippen molar-refractivity contribution in [2.75, 3.05) is 30.5 Å². The summed E-state index contributed by atoms with van der Waals surface area (Å²) in [6.07, 6.45) is 1.05. The van der Waals surface area contributed by atoms with Crippen LogP contribution in [0, 0.1) is 0 Å². The first-order valence-electron chi connectivity index (χ1n) is 6.44. The number of hydrogen-bond donors (Lipinski definition) is 3. The van der Waals surface area contributed by atoms with E-state index in [0.717, 1.165) is 6.42 Å². The Morgan fingerprint density at radius 1 is 1.25 bits per heavy atom. The highest BCUT2D eigenvalue weighted by Crippen LogP contribution is 2.10. The minimum Gasteiger partial charge on any atom is -0.466 e. The largest absolute Gasteiger partial charge is 0.466 e. The molecule has 0 radical (unpaired) electrons. The summed E-state index contributed by atoms with van der Waals surface area (Å²) < 4.78 is 10.1. The zero-order valence-electron chi connectivity index (χ0n) is 11.7. The molecule has 0 fully saturated rings. The second kappa shape index (κ2) is 8.86. The first kappa shape index (κ1) is 15.9. The summed E-state index contributed by atoms with van der Waals surface area (Å²) in [6, 6.07) is 0.174. The lowest BCUT2D eigenvalue weighted by Crippen LogP contribution is -2.16. The third-order valence-electron chi connectivity index (χ3n) is 2.10. The molecule has 9 nitrogen and oxygen atoms in total. The number of hydrazine groups is 1. The van der Waals surface area contributed by atoms with Crippen LogP contribution < -0.4 is 21.3 Å². The number of esters is 1. The number of nitrogen functional groups attached to an aromatic ring is 1. The standard InChI is InChI=1S/C11H20N6O3/c1-3-7-20-11-15-9(14-10(16-11)17-12)13-6-5-8(18)19-4-2/h3-7,12H2,1-2H3,(H2,13,14,15,16,17). The van der Waals surface area contributed by atoms with Gasteiger partial charge >= 0.3 is 12.0 Å². The van der Waals surface area contributed by atoms with Crippen LogP contribution in [-0.4, -0.2) is 40.7 Å². The zero-order chi connectivity index (χ0) is 14.8. The molecule has 0 aliphatic rings. The van der Waals surface area contributed by atoms with E-state index in [9.17, 15) is 4.79 Å². The van der Waals surface area contributed by atoms with Crippen molar-refractivity contribution in [3.63, 3.8) is 0 Å².